The summed E-state index contributed by atoms with van der Waals surface area (Å²) in [6.45, 7) is 10.6. The molecule has 2 heterocycles. The summed E-state index contributed by atoms with van der Waals surface area (Å²) in [6.07, 6.45) is 2.24. The van der Waals surface area contributed by atoms with Gasteiger partial charge in [0.15, 0.2) is 0 Å². The largest absolute Gasteiger partial charge is 0.379 e. The number of benzene rings is 1. The fraction of sp³-hybridized carbons (Fsp3) is 0.650. The van der Waals surface area contributed by atoms with Crippen molar-refractivity contribution in [3.05, 3.63) is 29.6 Å². The number of carbonyl (C=O) groups excluding carboxylic acids is 1. The first-order valence-corrected chi connectivity index (χ1v) is 9.64. The quantitative estimate of drug-likeness (QED) is 0.873. The molecular weight excluding hydrogens is 333 g/mol. The van der Waals surface area contributed by atoms with Crippen molar-refractivity contribution in [2.45, 2.75) is 32.7 Å². The third kappa shape index (κ3) is 5.02. The predicted octanol–water partition coefficient (Wildman–Crippen LogP) is 2.51. The monoisotopic (exact) mass is 363 g/mol. The van der Waals surface area contributed by atoms with Crippen LogP contribution in [-0.4, -0.2) is 67.7 Å². The Bertz CT molecular complexity index is 611. The number of amides is 1. The van der Waals surface area contributed by atoms with Gasteiger partial charge in [-0.05, 0) is 63.4 Å². The molecule has 26 heavy (non-hydrogen) atoms. The van der Waals surface area contributed by atoms with Gasteiger partial charge in [0.1, 0.15) is 5.82 Å². The Morgan fingerprint density at radius 2 is 1.96 bits per heavy atom. The van der Waals surface area contributed by atoms with Gasteiger partial charge in [-0.15, -0.1) is 0 Å². The molecule has 0 bridgehead atoms. The molecule has 1 unspecified atom stereocenters. The van der Waals surface area contributed by atoms with E-state index in [1.54, 1.807) is 6.07 Å². The standard InChI is InChI=1S/C20H30FN3O2/c1-15-3-4-18(21)13-19(15)22-20(25)16(2)24-7-5-17(6-8-24)14-23-9-11-26-12-10-23/h3-4,13,16-17H,5-12,14H2,1-2H3,(H,22,25). The van der Waals surface area contributed by atoms with E-state index in [-0.39, 0.29) is 17.8 Å². The fourth-order valence-corrected chi connectivity index (χ4v) is 3.80. The molecule has 2 aliphatic heterocycles. The number of nitrogens with one attached hydrogen (secondary N) is 1. The van der Waals surface area contributed by atoms with E-state index in [4.69, 9.17) is 4.74 Å². The van der Waals surface area contributed by atoms with Gasteiger partial charge in [-0.3, -0.25) is 14.6 Å². The van der Waals surface area contributed by atoms with Gasteiger partial charge in [-0.25, -0.2) is 4.39 Å². The van der Waals surface area contributed by atoms with Gasteiger partial charge < -0.3 is 10.1 Å². The molecule has 1 amide bonds. The molecule has 1 aromatic carbocycles. The maximum absolute atomic E-state index is 13.4. The van der Waals surface area contributed by atoms with E-state index in [1.807, 2.05) is 13.8 Å². The van der Waals surface area contributed by atoms with Crippen molar-refractivity contribution in [3.8, 4) is 0 Å². The summed E-state index contributed by atoms with van der Waals surface area (Å²) in [6, 6.07) is 4.27. The zero-order chi connectivity index (χ0) is 18.5. The van der Waals surface area contributed by atoms with Gasteiger partial charge in [0.05, 0.1) is 19.3 Å². The minimum absolute atomic E-state index is 0.0645. The van der Waals surface area contributed by atoms with Crippen molar-refractivity contribution >= 4 is 11.6 Å². The number of hydrogen-bond acceptors (Lipinski definition) is 4. The number of halogens is 1. The Labute approximate surface area is 155 Å². The van der Waals surface area contributed by atoms with Crippen LogP contribution in [0.25, 0.3) is 0 Å². The number of ether oxygens (including phenoxy) is 1. The lowest BCUT2D eigenvalue weighted by Crippen LogP contribution is -2.48. The van der Waals surface area contributed by atoms with Crippen molar-refractivity contribution < 1.29 is 13.9 Å². The summed E-state index contributed by atoms with van der Waals surface area (Å²) in [7, 11) is 0. The minimum Gasteiger partial charge on any atom is -0.379 e. The number of nitrogens with zero attached hydrogens (tertiary/aromatic N) is 2. The topological polar surface area (TPSA) is 44.8 Å². The molecule has 1 atom stereocenters. The van der Waals surface area contributed by atoms with E-state index in [2.05, 4.69) is 15.1 Å². The van der Waals surface area contributed by atoms with Crippen LogP contribution in [0.4, 0.5) is 10.1 Å². The molecule has 0 radical (unpaired) electrons. The molecule has 0 spiro atoms. The van der Waals surface area contributed by atoms with Crippen LogP contribution in [0.5, 0.6) is 0 Å². The molecule has 1 aromatic rings. The molecule has 5 nitrogen and oxygen atoms in total. The lowest BCUT2D eigenvalue weighted by atomic mass is 9.95. The highest BCUT2D eigenvalue weighted by atomic mass is 19.1. The van der Waals surface area contributed by atoms with Gasteiger partial charge in [-0.2, -0.15) is 0 Å². The second-order valence-electron chi connectivity index (χ2n) is 7.52. The van der Waals surface area contributed by atoms with Crippen molar-refractivity contribution in [1.29, 1.82) is 0 Å². The van der Waals surface area contributed by atoms with Crippen LogP contribution in [-0.2, 0) is 9.53 Å². The van der Waals surface area contributed by atoms with Crippen LogP contribution in [0, 0.1) is 18.7 Å². The summed E-state index contributed by atoms with van der Waals surface area (Å²) < 4.78 is 18.8. The molecular formula is C20H30FN3O2. The Kier molecular flexibility index (Phi) is 6.62. The number of piperidine rings is 1. The van der Waals surface area contributed by atoms with Crippen LogP contribution in [0.2, 0.25) is 0 Å². The molecule has 6 heteroatoms. The van der Waals surface area contributed by atoms with E-state index in [1.165, 1.54) is 12.1 Å². The van der Waals surface area contributed by atoms with Crippen LogP contribution >= 0.6 is 0 Å². The number of anilines is 1. The van der Waals surface area contributed by atoms with E-state index in [0.29, 0.717) is 11.6 Å². The number of morpholine rings is 1. The van der Waals surface area contributed by atoms with Crippen molar-refractivity contribution in [2.24, 2.45) is 5.92 Å². The first kappa shape index (κ1) is 19.3. The average Bonchev–Trinajstić information content (AvgIpc) is 2.65. The lowest BCUT2D eigenvalue weighted by Gasteiger charge is -2.38. The van der Waals surface area contributed by atoms with Crippen LogP contribution in [0.15, 0.2) is 18.2 Å². The SMILES string of the molecule is Cc1ccc(F)cc1NC(=O)C(C)N1CCC(CN2CCOCC2)CC1. The summed E-state index contributed by atoms with van der Waals surface area (Å²) >= 11 is 0. The first-order valence-electron chi connectivity index (χ1n) is 9.64. The maximum atomic E-state index is 13.4. The molecule has 1 N–H and O–H groups in total. The second kappa shape index (κ2) is 8.93. The molecule has 2 fully saturated rings. The summed E-state index contributed by atoms with van der Waals surface area (Å²) in [5.41, 5.74) is 1.43. The van der Waals surface area contributed by atoms with Crippen molar-refractivity contribution in [3.63, 3.8) is 0 Å². The minimum atomic E-state index is -0.331. The van der Waals surface area contributed by atoms with Gasteiger partial charge in [-0.1, -0.05) is 6.07 Å². The van der Waals surface area contributed by atoms with Crippen molar-refractivity contribution in [2.75, 3.05) is 51.3 Å². The highest BCUT2D eigenvalue weighted by Gasteiger charge is 2.28. The number of likely N-dealkylation sites (tertiary alicyclic amines) is 1. The van der Waals surface area contributed by atoms with Crippen LogP contribution < -0.4 is 5.32 Å². The average molecular weight is 363 g/mol. The van der Waals surface area contributed by atoms with Gasteiger partial charge >= 0.3 is 0 Å². The first-order chi connectivity index (χ1) is 12.5. The van der Waals surface area contributed by atoms with Gasteiger partial charge in [0.25, 0.3) is 0 Å². The third-order valence-corrected chi connectivity index (χ3v) is 5.65. The van der Waals surface area contributed by atoms with Crippen molar-refractivity contribution in [1.82, 2.24) is 9.80 Å². The maximum Gasteiger partial charge on any atom is 0.241 e. The fourth-order valence-electron chi connectivity index (χ4n) is 3.80. The molecule has 2 saturated heterocycles. The molecule has 0 aliphatic carbocycles. The molecule has 3 rings (SSSR count). The normalized spacial score (nSPS) is 21.5. The number of rotatable bonds is 5. The Hall–Kier alpha value is -1.50. The van der Waals surface area contributed by atoms with Gasteiger partial charge in [0, 0.05) is 25.3 Å². The zero-order valence-corrected chi connectivity index (χ0v) is 15.8. The molecule has 144 valence electrons. The van der Waals surface area contributed by atoms with Gasteiger partial charge in [0.2, 0.25) is 5.91 Å². The Morgan fingerprint density at radius 3 is 2.65 bits per heavy atom. The van der Waals surface area contributed by atoms with Crippen LogP contribution in [0.1, 0.15) is 25.3 Å². The predicted molar refractivity (Wildman–Crippen MR) is 101 cm³/mol. The third-order valence-electron chi connectivity index (χ3n) is 5.65. The highest BCUT2D eigenvalue weighted by molar-refractivity contribution is 5.95. The smallest absolute Gasteiger partial charge is 0.241 e. The summed E-state index contributed by atoms with van der Waals surface area (Å²) in [5.74, 6) is 0.304. The summed E-state index contributed by atoms with van der Waals surface area (Å²) in [4.78, 5) is 17.3. The van der Waals surface area contributed by atoms with E-state index in [9.17, 15) is 9.18 Å². The number of hydrogen-bond donors (Lipinski definition) is 1. The molecule has 0 aromatic heterocycles. The second-order valence-corrected chi connectivity index (χ2v) is 7.52. The Morgan fingerprint density at radius 1 is 1.27 bits per heavy atom. The zero-order valence-electron chi connectivity index (χ0n) is 15.8. The van der Waals surface area contributed by atoms with E-state index < -0.39 is 0 Å². The lowest BCUT2D eigenvalue weighted by molar-refractivity contribution is -0.121. The highest BCUT2D eigenvalue weighted by Crippen LogP contribution is 2.22. The molecule has 2 aliphatic rings. The Balaban J connectivity index is 1.47. The van der Waals surface area contributed by atoms with E-state index >= 15 is 0 Å². The number of aryl methyl sites for hydroxylation is 1. The van der Waals surface area contributed by atoms with Crippen LogP contribution in [0.3, 0.4) is 0 Å². The van der Waals surface area contributed by atoms with E-state index in [0.717, 1.165) is 64.3 Å². The number of carbonyl (C=O) groups is 1. The summed E-state index contributed by atoms with van der Waals surface area (Å²) in [5, 5.41) is 2.88. The molecule has 0 saturated carbocycles.